The first-order valence-electron chi connectivity index (χ1n) is 8.76. The summed E-state index contributed by atoms with van der Waals surface area (Å²) in [5, 5.41) is 10.3. The lowest BCUT2D eigenvalue weighted by Gasteiger charge is -2.32. The fraction of sp³-hybridized carbons (Fsp3) is 0.889. The van der Waals surface area contributed by atoms with E-state index in [2.05, 4.69) is 0 Å². The fourth-order valence-electron chi connectivity index (χ4n) is 3.38. The summed E-state index contributed by atoms with van der Waals surface area (Å²) < 4.78 is 21.5. The Labute approximate surface area is 150 Å². The van der Waals surface area contributed by atoms with Crippen molar-refractivity contribution in [3.05, 3.63) is 0 Å². The van der Waals surface area contributed by atoms with E-state index in [1.165, 1.54) is 7.11 Å². The van der Waals surface area contributed by atoms with Crippen LogP contribution in [0.2, 0.25) is 0 Å². The molecule has 0 aromatic carbocycles. The first-order chi connectivity index (χ1) is 11.6. The number of hydrogen-bond acceptors (Lipinski definition) is 7. The zero-order chi connectivity index (χ0) is 17.7. The Bertz CT molecular complexity index is 439. The standard InChI is InChI=1S/C17H28O7.CH4/c1-4-6-8-22-16(19)10-11(17(20)23-9-7-5-2)14-15(21-3)12(18)13(10)24-14;/h10-15,18H,4-9H2,1-3H3;1H4/t10?,11?,12-,13+,14?,15?;/m1./s1. The molecular formula is C18H32O7. The van der Waals surface area contributed by atoms with Gasteiger partial charge in [0.25, 0.3) is 0 Å². The Morgan fingerprint density at radius 2 is 1.44 bits per heavy atom. The topological polar surface area (TPSA) is 91.3 Å². The normalized spacial score (nSPS) is 33.0. The van der Waals surface area contributed by atoms with Crippen LogP contribution in [0.1, 0.15) is 47.0 Å². The number of aliphatic hydroxyl groups is 1. The van der Waals surface area contributed by atoms with Crippen molar-refractivity contribution >= 4 is 11.9 Å². The summed E-state index contributed by atoms with van der Waals surface area (Å²) in [6, 6.07) is 0. The molecule has 0 aromatic rings. The molecule has 0 aromatic heterocycles. The van der Waals surface area contributed by atoms with E-state index in [1.54, 1.807) is 0 Å². The van der Waals surface area contributed by atoms with E-state index >= 15 is 0 Å². The molecule has 0 amide bonds. The number of unbranched alkanes of at least 4 members (excludes halogenated alkanes) is 2. The number of carbonyl (C=O) groups is 2. The van der Waals surface area contributed by atoms with Crippen molar-refractivity contribution in [3.63, 3.8) is 0 Å². The summed E-state index contributed by atoms with van der Waals surface area (Å²) in [5.74, 6) is -2.64. The molecule has 2 rings (SSSR count). The molecule has 7 heteroatoms. The minimum atomic E-state index is -0.955. The van der Waals surface area contributed by atoms with Crippen LogP contribution in [0, 0.1) is 11.8 Å². The predicted molar refractivity (Wildman–Crippen MR) is 90.9 cm³/mol. The Morgan fingerprint density at radius 3 is 1.88 bits per heavy atom. The number of rotatable bonds is 9. The van der Waals surface area contributed by atoms with Crippen LogP contribution in [0.5, 0.6) is 0 Å². The number of carbonyl (C=O) groups excluding carboxylic acids is 2. The highest BCUT2D eigenvalue weighted by molar-refractivity contribution is 5.84. The van der Waals surface area contributed by atoms with Crippen LogP contribution in [0.3, 0.4) is 0 Å². The minimum absolute atomic E-state index is 0. The molecule has 0 radical (unpaired) electrons. The van der Waals surface area contributed by atoms with E-state index in [-0.39, 0.29) is 7.43 Å². The number of hydrogen-bond donors (Lipinski definition) is 1. The van der Waals surface area contributed by atoms with Gasteiger partial charge in [-0.15, -0.1) is 0 Å². The maximum absolute atomic E-state index is 12.5. The summed E-state index contributed by atoms with van der Waals surface area (Å²) in [6.45, 7) is 4.60. The Balaban J connectivity index is 0.00000312. The van der Waals surface area contributed by atoms with Gasteiger partial charge in [-0.3, -0.25) is 9.59 Å². The molecule has 7 nitrogen and oxygen atoms in total. The van der Waals surface area contributed by atoms with Crippen molar-refractivity contribution in [2.24, 2.45) is 11.8 Å². The van der Waals surface area contributed by atoms with Gasteiger partial charge < -0.3 is 24.1 Å². The van der Waals surface area contributed by atoms with Crippen molar-refractivity contribution in [2.45, 2.75) is 71.4 Å². The third-order valence-corrected chi connectivity index (χ3v) is 4.71. The Morgan fingerprint density at radius 1 is 0.960 bits per heavy atom. The lowest BCUT2D eigenvalue weighted by molar-refractivity contribution is -0.167. The number of esters is 2. The molecule has 2 saturated heterocycles. The van der Waals surface area contributed by atoms with Crippen molar-refractivity contribution in [1.82, 2.24) is 0 Å². The smallest absolute Gasteiger partial charge is 0.312 e. The monoisotopic (exact) mass is 360 g/mol. The largest absolute Gasteiger partial charge is 0.465 e. The van der Waals surface area contributed by atoms with Gasteiger partial charge in [-0.05, 0) is 12.8 Å². The summed E-state index contributed by atoms with van der Waals surface area (Å²) in [4.78, 5) is 24.9. The van der Waals surface area contributed by atoms with E-state index in [1.807, 2.05) is 13.8 Å². The van der Waals surface area contributed by atoms with Crippen LogP contribution >= 0.6 is 0 Å². The van der Waals surface area contributed by atoms with E-state index in [0.717, 1.165) is 25.7 Å². The highest BCUT2D eigenvalue weighted by Crippen LogP contribution is 2.46. The average Bonchev–Trinajstić information content (AvgIpc) is 3.10. The molecule has 6 atom stereocenters. The third-order valence-electron chi connectivity index (χ3n) is 4.71. The van der Waals surface area contributed by atoms with Gasteiger partial charge >= 0.3 is 11.9 Å². The van der Waals surface area contributed by atoms with E-state index in [4.69, 9.17) is 18.9 Å². The highest BCUT2D eigenvalue weighted by Gasteiger charge is 2.65. The van der Waals surface area contributed by atoms with Gasteiger partial charge in [0.1, 0.15) is 36.3 Å². The first-order valence-corrected chi connectivity index (χ1v) is 8.76. The Hall–Kier alpha value is -1.18. The van der Waals surface area contributed by atoms with Gasteiger partial charge in [-0.25, -0.2) is 0 Å². The van der Waals surface area contributed by atoms with Crippen molar-refractivity contribution in [1.29, 1.82) is 0 Å². The zero-order valence-corrected chi connectivity index (χ0v) is 14.6. The fourth-order valence-corrected chi connectivity index (χ4v) is 3.38. The molecule has 2 bridgehead atoms. The van der Waals surface area contributed by atoms with Gasteiger partial charge in [-0.1, -0.05) is 34.1 Å². The van der Waals surface area contributed by atoms with Crippen LogP contribution in [0.4, 0.5) is 0 Å². The lowest BCUT2D eigenvalue weighted by Crippen LogP contribution is -2.53. The molecule has 0 saturated carbocycles. The number of methoxy groups -OCH3 is 1. The molecule has 0 spiro atoms. The second kappa shape index (κ2) is 10.1. The van der Waals surface area contributed by atoms with Crippen molar-refractivity contribution < 1.29 is 33.6 Å². The van der Waals surface area contributed by atoms with Gasteiger partial charge in [0.05, 0.1) is 13.2 Å². The van der Waals surface area contributed by atoms with Gasteiger partial charge in [0.15, 0.2) is 0 Å². The van der Waals surface area contributed by atoms with Crippen LogP contribution in [-0.4, -0.2) is 61.8 Å². The van der Waals surface area contributed by atoms with Crippen LogP contribution in [0.25, 0.3) is 0 Å². The molecule has 2 fully saturated rings. The second-order valence-corrected chi connectivity index (χ2v) is 6.35. The summed E-state index contributed by atoms with van der Waals surface area (Å²) in [5.41, 5.74) is 0. The third kappa shape index (κ3) is 4.51. The number of ether oxygens (including phenoxy) is 4. The highest BCUT2D eigenvalue weighted by atomic mass is 16.6. The maximum Gasteiger partial charge on any atom is 0.312 e. The second-order valence-electron chi connectivity index (χ2n) is 6.35. The van der Waals surface area contributed by atoms with Gasteiger partial charge in [-0.2, -0.15) is 0 Å². The average molecular weight is 360 g/mol. The predicted octanol–water partition coefficient (Wildman–Crippen LogP) is 1.70. The van der Waals surface area contributed by atoms with Gasteiger partial charge in [0.2, 0.25) is 0 Å². The molecule has 4 unspecified atom stereocenters. The quantitative estimate of drug-likeness (QED) is 0.494. The van der Waals surface area contributed by atoms with Crippen molar-refractivity contribution in [2.75, 3.05) is 20.3 Å². The lowest BCUT2D eigenvalue weighted by atomic mass is 9.76. The van der Waals surface area contributed by atoms with Crippen LogP contribution in [0.15, 0.2) is 0 Å². The number of aliphatic hydroxyl groups excluding tert-OH is 1. The van der Waals surface area contributed by atoms with E-state index in [9.17, 15) is 14.7 Å². The minimum Gasteiger partial charge on any atom is -0.465 e. The maximum atomic E-state index is 12.5. The molecule has 0 aliphatic carbocycles. The molecular weight excluding hydrogens is 328 g/mol. The zero-order valence-electron chi connectivity index (χ0n) is 14.6. The molecule has 1 N–H and O–H groups in total. The number of fused-ring (bicyclic) bond motifs is 2. The molecule has 25 heavy (non-hydrogen) atoms. The molecule has 2 heterocycles. The van der Waals surface area contributed by atoms with Gasteiger partial charge in [0, 0.05) is 7.11 Å². The molecule has 146 valence electrons. The first kappa shape index (κ1) is 21.9. The van der Waals surface area contributed by atoms with Crippen LogP contribution in [-0.2, 0) is 28.5 Å². The summed E-state index contributed by atoms with van der Waals surface area (Å²) in [6.07, 6.45) is 0.240. The van der Waals surface area contributed by atoms with E-state index < -0.39 is 48.2 Å². The summed E-state index contributed by atoms with van der Waals surface area (Å²) >= 11 is 0. The SMILES string of the molecule is C.CCCCOC(=O)C1C2O[C@@H](C1C(=O)OCCCC)[C@@H](O)C2OC. The van der Waals surface area contributed by atoms with E-state index in [0.29, 0.717) is 13.2 Å². The molecule has 2 aliphatic heterocycles. The van der Waals surface area contributed by atoms with Crippen LogP contribution < -0.4 is 0 Å². The summed E-state index contributed by atoms with van der Waals surface area (Å²) in [7, 11) is 1.45. The molecule has 2 aliphatic rings. The Kier molecular flexibility index (Phi) is 8.82. The van der Waals surface area contributed by atoms with Crippen molar-refractivity contribution in [3.8, 4) is 0 Å².